The van der Waals surface area contributed by atoms with Gasteiger partial charge in [0, 0.05) is 13.1 Å². The number of ether oxygens (including phenoxy) is 1. The highest BCUT2D eigenvalue weighted by atomic mass is 31.2. The Labute approximate surface area is 199 Å². The Hall–Kier alpha value is -1.39. The number of fused-ring (bicyclic) bond motifs is 1. The highest BCUT2D eigenvalue weighted by molar-refractivity contribution is 7.52. The van der Waals surface area contributed by atoms with Gasteiger partial charge in [-0.15, -0.1) is 0 Å². The van der Waals surface area contributed by atoms with Gasteiger partial charge >= 0.3 is 7.60 Å². The second kappa shape index (κ2) is 11.4. The Bertz CT molecular complexity index is 947. The molecule has 0 bridgehead atoms. The van der Waals surface area contributed by atoms with Crippen LogP contribution >= 0.6 is 7.60 Å². The molecule has 0 amide bonds. The third kappa shape index (κ3) is 8.10. The molecule has 1 saturated carbocycles. The van der Waals surface area contributed by atoms with Gasteiger partial charge in [0.15, 0.2) is 0 Å². The molecule has 2 atom stereocenters. The fraction of sp³-hybridized carbons (Fsp3) is 0.630. The molecule has 1 aliphatic carbocycles. The van der Waals surface area contributed by atoms with Crippen molar-refractivity contribution in [3.8, 4) is 5.75 Å². The van der Waals surface area contributed by atoms with Crippen molar-refractivity contribution in [1.29, 1.82) is 0 Å². The summed E-state index contributed by atoms with van der Waals surface area (Å²) < 4.78 is 23.7. The SMILES string of the molecule is CCC(C)OP(=O)(O)CCNCc1ccc2cc(OC3CCC(C(C)(C)C)CC3)ccc2c1. The molecule has 2 aromatic rings. The first-order chi connectivity index (χ1) is 15.6. The third-order valence-electron chi connectivity index (χ3n) is 6.90. The molecule has 0 aliphatic heterocycles. The van der Waals surface area contributed by atoms with Crippen molar-refractivity contribution in [3.63, 3.8) is 0 Å². The van der Waals surface area contributed by atoms with Gasteiger partial charge in [-0.25, -0.2) is 0 Å². The van der Waals surface area contributed by atoms with E-state index < -0.39 is 7.60 Å². The molecule has 3 rings (SSSR count). The first kappa shape index (κ1) is 26.2. The van der Waals surface area contributed by atoms with Crippen LogP contribution in [0.15, 0.2) is 36.4 Å². The second-order valence-corrected chi connectivity index (χ2v) is 12.6. The molecule has 1 aliphatic rings. The maximum Gasteiger partial charge on any atom is 0.329 e. The molecule has 2 aromatic carbocycles. The molecule has 2 unspecified atom stereocenters. The van der Waals surface area contributed by atoms with Crippen molar-refractivity contribution in [1.82, 2.24) is 5.32 Å². The van der Waals surface area contributed by atoms with E-state index in [9.17, 15) is 9.46 Å². The minimum Gasteiger partial charge on any atom is -0.490 e. The molecule has 0 aromatic heterocycles. The van der Waals surface area contributed by atoms with Gasteiger partial charge in [-0.2, -0.15) is 0 Å². The molecule has 1 fully saturated rings. The normalized spacial score (nSPS) is 22.1. The summed E-state index contributed by atoms with van der Waals surface area (Å²) in [7, 11) is -3.54. The second-order valence-electron chi connectivity index (χ2n) is 10.7. The predicted octanol–water partition coefficient (Wildman–Crippen LogP) is 6.91. The quantitative estimate of drug-likeness (QED) is 0.289. The van der Waals surface area contributed by atoms with Crippen LogP contribution in [0.1, 0.15) is 72.3 Å². The van der Waals surface area contributed by atoms with E-state index in [0.29, 0.717) is 24.6 Å². The zero-order valence-electron chi connectivity index (χ0n) is 21.0. The summed E-state index contributed by atoms with van der Waals surface area (Å²) in [6.07, 6.45) is 5.71. The predicted molar refractivity (Wildman–Crippen MR) is 137 cm³/mol. The zero-order valence-corrected chi connectivity index (χ0v) is 21.9. The maximum atomic E-state index is 12.1. The van der Waals surface area contributed by atoms with Crippen molar-refractivity contribution in [2.24, 2.45) is 11.3 Å². The average Bonchev–Trinajstić information content (AvgIpc) is 2.76. The minimum absolute atomic E-state index is 0.114. The van der Waals surface area contributed by atoms with Crippen molar-refractivity contribution in [2.45, 2.75) is 85.5 Å². The zero-order chi connectivity index (χ0) is 24.1. The lowest BCUT2D eigenvalue weighted by molar-refractivity contribution is 0.0883. The van der Waals surface area contributed by atoms with Gasteiger partial charge in [-0.05, 0) is 84.9 Å². The van der Waals surface area contributed by atoms with Gasteiger partial charge < -0.3 is 19.5 Å². The molecule has 5 nitrogen and oxygen atoms in total. The number of hydrogen-bond acceptors (Lipinski definition) is 4. The van der Waals surface area contributed by atoms with Crippen LogP contribution in [0, 0.1) is 11.3 Å². The summed E-state index contributed by atoms with van der Waals surface area (Å²) in [5, 5.41) is 5.60. The van der Waals surface area contributed by atoms with Crippen LogP contribution in [0.2, 0.25) is 0 Å². The molecule has 0 heterocycles. The monoisotopic (exact) mass is 475 g/mol. The summed E-state index contributed by atoms with van der Waals surface area (Å²) in [6, 6.07) is 12.7. The van der Waals surface area contributed by atoms with Crippen molar-refractivity contribution in [2.75, 3.05) is 12.7 Å². The van der Waals surface area contributed by atoms with Crippen LogP contribution in [0.25, 0.3) is 10.8 Å². The maximum absolute atomic E-state index is 12.1. The van der Waals surface area contributed by atoms with Crippen LogP contribution in [-0.4, -0.2) is 29.8 Å². The molecular formula is C27H42NO4P. The summed E-state index contributed by atoms with van der Waals surface area (Å²) in [5.41, 5.74) is 1.53. The lowest BCUT2D eigenvalue weighted by Crippen LogP contribution is -2.30. The van der Waals surface area contributed by atoms with E-state index in [2.05, 4.69) is 62.5 Å². The van der Waals surface area contributed by atoms with Gasteiger partial charge in [-0.3, -0.25) is 4.57 Å². The lowest BCUT2D eigenvalue weighted by Gasteiger charge is -2.37. The van der Waals surface area contributed by atoms with Crippen LogP contribution in [-0.2, 0) is 15.6 Å². The Balaban J connectivity index is 1.49. The smallest absolute Gasteiger partial charge is 0.329 e. The molecule has 0 spiro atoms. The summed E-state index contributed by atoms with van der Waals surface area (Å²) >= 11 is 0. The molecule has 6 heteroatoms. The lowest BCUT2D eigenvalue weighted by atomic mass is 9.72. The highest BCUT2D eigenvalue weighted by Crippen LogP contribution is 2.43. The van der Waals surface area contributed by atoms with Crippen molar-refractivity contribution < 1.29 is 18.7 Å². The standard InChI is InChI=1S/C27H42NO4P/c1-6-20(2)32-33(29,30)16-15-28-19-21-7-8-23-18-26(12-9-22(23)17-21)31-25-13-10-24(11-14-25)27(3,4)5/h7-9,12,17-18,20,24-25,28H,6,10-11,13-16,19H2,1-5H3,(H,29,30). The Morgan fingerprint density at radius 1 is 1.09 bits per heavy atom. The van der Waals surface area contributed by atoms with Gasteiger partial charge in [0.05, 0.1) is 18.4 Å². The number of nitrogens with one attached hydrogen (secondary N) is 1. The first-order valence-electron chi connectivity index (χ1n) is 12.5. The van der Waals surface area contributed by atoms with Crippen LogP contribution in [0.4, 0.5) is 0 Å². The number of benzene rings is 2. The Kier molecular flexibility index (Phi) is 9.02. The van der Waals surface area contributed by atoms with Crippen molar-refractivity contribution in [3.05, 3.63) is 42.0 Å². The minimum atomic E-state index is -3.54. The third-order valence-corrected chi connectivity index (χ3v) is 8.38. The van der Waals surface area contributed by atoms with Gasteiger partial charge in [0.25, 0.3) is 0 Å². The van der Waals surface area contributed by atoms with Crippen LogP contribution < -0.4 is 10.1 Å². The van der Waals surface area contributed by atoms with E-state index >= 15 is 0 Å². The van der Waals surface area contributed by atoms with E-state index in [1.807, 2.05) is 13.8 Å². The van der Waals surface area contributed by atoms with Gasteiger partial charge in [-0.1, -0.05) is 45.9 Å². The van der Waals surface area contributed by atoms with Crippen LogP contribution in [0.5, 0.6) is 5.75 Å². The molecule has 2 N–H and O–H groups in total. The van der Waals surface area contributed by atoms with Crippen molar-refractivity contribution >= 4 is 18.4 Å². The molecule has 184 valence electrons. The summed E-state index contributed by atoms with van der Waals surface area (Å²) in [5.74, 6) is 1.74. The number of hydrogen-bond donors (Lipinski definition) is 2. The molecular weight excluding hydrogens is 433 g/mol. The number of rotatable bonds is 10. The molecule has 0 saturated heterocycles. The summed E-state index contributed by atoms with van der Waals surface area (Å²) in [4.78, 5) is 9.93. The highest BCUT2D eigenvalue weighted by Gasteiger charge is 2.30. The van der Waals surface area contributed by atoms with Gasteiger partial charge in [0.1, 0.15) is 5.75 Å². The van der Waals surface area contributed by atoms with E-state index in [1.165, 1.54) is 23.6 Å². The average molecular weight is 476 g/mol. The topological polar surface area (TPSA) is 67.8 Å². The van der Waals surface area contributed by atoms with E-state index in [1.54, 1.807) is 0 Å². The Morgan fingerprint density at radius 2 is 1.76 bits per heavy atom. The summed E-state index contributed by atoms with van der Waals surface area (Å²) in [6.45, 7) is 11.9. The molecule has 33 heavy (non-hydrogen) atoms. The van der Waals surface area contributed by atoms with Gasteiger partial charge in [0.2, 0.25) is 0 Å². The molecule has 0 radical (unpaired) electrons. The van der Waals surface area contributed by atoms with Crippen LogP contribution in [0.3, 0.4) is 0 Å². The largest absolute Gasteiger partial charge is 0.490 e. The first-order valence-corrected chi connectivity index (χ1v) is 14.2. The van der Waals surface area contributed by atoms with E-state index in [-0.39, 0.29) is 12.3 Å². The fourth-order valence-corrected chi connectivity index (χ4v) is 5.81. The fourth-order valence-electron chi connectivity index (χ4n) is 4.56. The Morgan fingerprint density at radius 3 is 2.42 bits per heavy atom. The van der Waals surface area contributed by atoms with E-state index in [4.69, 9.17) is 9.26 Å². The van der Waals surface area contributed by atoms with E-state index in [0.717, 1.165) is 36.5 Å².